The largest absolute Gasteiger partial charge is 0.463 e. The molecule has 1 aromatic carbocycles. The van der Waals surface area contributed by atoms with E-state index in [4.69, 9.17) is 10.5 Å². The number of esters is 1. The maximum atomic E-state index is 14.7. The summed E-state index contributed by atoms with van der Waals surface area (Å²) in [7, 11) is 0. The van der Waals surface area contributed by atoms with Gasteiger partial charge in [-0.05, 0) is 39.0 Å². The third-order valence-corrected chi connectivity index (χ3v) is 5.31. The highest BCUT2D eigenvalue weighted by Gasteiger charge is 2.29. The molecule has 0 fully saturated rings. The fourth-order valence-corrected chi connectivity index (χ4v) is 3.64. The molecule has 0 aliphatic carbocycles. The monoisotopic (exact) mass is 387 g/mol. The second-order valence-electron chi connectivity index (χ2n) is 6.19. The number of halogens is 1. The van der Waals surface area contributed by atoms with Crippen LogP contribution in [0.25, 0.3) is 5.70 Å². The molecule has 0 bridgehead atoms. The van der Waals surface area contributed by atoms with Crippen LogP contribution in [0, 0.1) is 12.7 Å². The van der Waals surface area contributed by atoms with Gasteiger partial charge in [0.25, 0.3) is 0 Å². The Labute approximate surface area is 162 Å². The van der Waals surface area contributed by atoms with E-state index in [1.54, 1.807) is 6.92 Å². The molecule has 0 unspecified atom stereocenters. The summed E-state index contributed by atoms with van der Waals surface area (Å²) in [5, 5.41) is 0.281. The Morgan fingerprint density at radius 1 is 1.33 bits per heavy atom. The number of likely N-dealkylation sites (N-methyl/N-ethyl adjacent to an activating group) is 1. The van der Waals surface area contributed by atoms with Gasteiger partial charge >= 0.3 is 5.97 Å². The molecule has 2 heterocycles. The summed E-state index contributed by atoms with van der Waals surface area (Å²) < 4.78 is 19.8. The van der Waals surface area contributed by atoms with Crippen molar-refractivity contribution in [3.63, 3.8) is 0 Å². The van der Waals surface area contributed by atoms with Crippen LogP contribution in [0.5, 0.6) is 0 Å². The smallest absolute Gasteiger partial charge is 0.337 e. The number of carbonyl (C=O) groups excluding carboxylic acids is 1. The molecular formula is C20H22FN3O2S. The summed E-state index contributed by atoms with van der Waals surface area (Å²) in [6.07, 6.45) is 0. The normalized spacial score (nSPS) is 13.6. The number of nitrogens with two attached hydrogens (primary N) is 1. The van der Waals surface area contributed by atoms with Crippen LogP contribution in [0.15, 0.2) is 45.8 Å². The van der Waals surface area contributed by atoms with Gasteiger partial charge in [-0.1, -0.05) is 29.5 Å². The quantitative estimate of drug-likeness (QED) is 0.788. The number of benzene rings is 1. The van der Waals surface area contributed by atoms with Crippen molar-refractivity contribution in [1.29, 1.82) is 0 Å². The van der Waals surface area contributed by atoms with Gasteiger partial charge in [0.2, 0.25) is 0 Å². The number of anilines is 1. The first-order chi connectivity index (χ1) is 12.9. The number of carbonyl (C=O) groups is 1. The van der Waals surface area contributed by atoms with E-state index in [1.165, 1.54) is 17.8 Å². The first kappa shape index (κ1) is 19.2. The predicted octanol–water partition coefficient (Wildman–Crippen LogP) is 3.75. The molecule has 7 heteroatoms. The molecule has 3 rings (SSSR count). The number of hydrogen-bond acceptors (Lipinski definition) is 6. The Bertz CT molecular complexity index is 897. The standard InChI is InChI=1S/C20H22FN3O2S/c1-4-24-11-15(20(25)26-5-2)17(22)14-10-16(21)19(23-18(14)24)27-13-8-6-12(3)7-9-13/h6-10H,4-5,11,22H2,1-3H3. The number of hydrogen-bond donors (Lipinski definition) is 1. The molecule has 0 spiro atoms. The molecule has 2 N–H and O–H groups in total. The summed E-state index contributed by atoms with van der Waals surface area (Å²) in [6, 6.07) is 9.18. The van der Waals surface area contributed by atoms with Gasteiger partial charge < -0.3 is 15.4 Å². The highest BCUT2D eigenvalue weighted by molar-refractivity contribution is 7.99. The van der Waals surface area contributed by atoms with E-state index in [0.717, 1.165) is 10.5 Å². The zero-order valence-corrected chi connectivity index (χ0v) is 16.4. The van der Waals surface area contributed by atoms with Crippen LogP contribution >= 0.6 is 11.8 Å². The fraction of sp³-hybridized carbons (Fsp3) is 0.300. The third kappa shape index (κ3) is 3.93. The maximum absolute atomic E-state index is 14.7. The van der Waals surface area contributed by atoms with Crippen LogP contribution < -0.4 is 10.6 Å². The van der Waals surface area contributed by atoms with Crippen molar-refractivity contribution in [3.8, 4) is 0 Å². The Kier molecular flexibility index (Phi) is 5.70. The molecular weight excluding hydrogens is 365 g/mol. The first-order valence-electron chi connectivity index (χ1n) is 8.80. The number of ether oxygens (including phenoxy) is 1. The van der Waals surface area contributed by atoms with Gasteiger partial charge in [0.15, 0.2) is 5.82 Å². The molecule has 0 amide bonds. The van der Waals surface area contributed by atoms with Crippen LogP contribution in [0.3, 0.4) is 0 Å². The number of pyridine rings is 1. The van der Waals surface area contributed by atoms with Crippen molar-refractivity contribution in [2.45, 2.75) is 30.7 Å². The van der Waals surface area contributed by atoms with Crippen molar-refractivity contribution >= 4 is 29.2 Å². The molecule has 5 nitrogen and oxygen atoms in total. The first-order valence-corrected chi connectivity index (χ1v) is 9.62. The zero-order valence-electron chi connectivity index (χ0n) is 15.6. The van der Waals surface area contributed by atoms with Crippen molar-refractivity contribution in [2.75, 3.05) is 24.6 Å². The number of nitrogens with zero attached hydrogens (tertiary/aromatic N) is 2. The number of aryl methyl sites for hydroxylation is 1. The SMILES string of the molecule is CCOC(=O)C1=C(N)c2cc(F)c(Sc3ccc(C)cc3)nc2N(CC)C1. The van der Waals surface area contributed by atoms with Crippen molar-refractivity contribution in [3.05, 3.63) is 52.8 Å². The second kappa shape index (κ2) is 8.00. The van der Waals surface area contributed by atoms with Crippen LogP contribution in [-0.2, 0) is 9.53 Å². The summed E-state index contributed by atoms with van der Waals surface area (Å²) in [5.41, 5.74) is 8.30. The van der Waals surface area contributed by atoms with Crippen LogP contribution in [-0.4, -0.2) is 30.6 Å². The molecule has 0 saturated carbocycles. The Morgan fingerprint density at radius 3 is 2.67 bits per heavy atom. The minimum Gasteiger partial charge on any atom is -0.463 e. The average Bonchev–Trinajstić information content (AvgIpc) is 2.65. The van der Waals surface area contributed by atoms with Gasteiger partial charge in [0.1, 0.15) is 10.8 Å². The second-order valence-corrected chi connectivity index (χ2v) is 7.25. The van der Waals surface area contributed by atoms with Crippen LogP contribution in [0.1, 0.15) is 25.0 Å². The number of aromatic nitrogens is 1. The molecule has 1 aromatic heterocycles. The van der Waals surface area contributed by atoms with E-state index in [-0.39, 0.29) is 17.3 Å². The van der Waals surface area contributed by atoms with E-state index in [1.807, 2.05) is 43.0 Å². The maximum Gasteiger partial charge on any atom is 0.337 e. The fourth-order valence-electron chi connectivity index (χ4n) is 2.86. The number of fused-ring (bicyclic) bond motifs is 1. The van der Waals surface area contributed by atoms with Crippen molar-refractivity contribution < 1.29 is 13.9 Å². The summed E-state index contributed by atoms with van der Waals surface area (Å²) in [6.45, 7) is 6.84. The molecule has 142 valence electrons. The lowest BCUT2D eigenvalue weighted by atomic mass is 10.0. The van der Waals surface area contributed by atoms with E-state index in [9.17, 15) is 9.18 Å². The molecule has 2 aromatic rings. The van der Waals surface area contributed by atoms with E-state index >= 15 is 0 Å². The van der Waals surface area contributed by atoms with Crippen LogP contribution in [0.4, 0.5) is 10.2 Å². The Morgan fingerprint density at radius 2 is 2.04 bits per heavy atom. The lowest BCUT2D eigenvalue weighted by molar-refractivity contribution is -0.138. The molecule has 0 atom stereocenters. The summed E-state index contributed by atoms with van der Waals surface area (Å²) >= 11 is 1.26. The van der Waals surface area contributed by atoms with Gasteiger partial charge in [-0.3, -0.25) is 0 Å². The van der Waals surface area contributed by atoms with E-state index in [2.05, 4.69) is 4.98 Å². The molecule has 0 radical (unpaired) electrons. The van der Waals surface area contributed by atoms with Gasteiger partial charge in [0, 0.05) is 17.0 Å². The average molecular weight is 387 g/mol. The zero-order chi connectivity index (χ0) is 19.6. The topological polar surface area (TPSA) is 68.5 Å². The molecule has 1 aliphatic rings. The Balaban J connectivity index is 2.02. The summed E-state index contributed by atoms with van der Waals surface area (Å²) in [5.74, 6) is -0.361. The highest BCUT2D eigenvalue weighted by atomic mass is 32.2. The minimum atomic E-state index is -0.474. The third-order valence-electron chi connectivity index (χ3n) is 4.33. The predicted molar refractivity (Wildman–Crippen MR) is 105 cm³/mol. The molecule has 0 saturated heterocycles. The lowest BCUT2D eigenvalue weighted by Crippen LogP contribution is -2.35. The van der Waals surface area contributed by atoms with E-state index in [0.29, 0.717) is 30.0 Å². The lowest BCUT2D eigenvalue weighted by Gasteiger charge is -2.31. The van der Waals surface area contributed by atoms with Gasteiger partial charge in [-0.25, -0.2) is 14.2 Å². The summed E-state index contributed by atoms with van der Waals surface area (Å²) in [4.78, 5) is 19.5. The van der Waals surface area contributed by atoms with Crippen molar-refractivity contribution in [1.82, 2.24) is 4.98 Å². The Hall–Kier alpha value is -2.54. The highest BCUT2D eigenvalue weighted by Crippen LogP contribution is 2.36. The van der Waals surface area contributed by atoms with Gasteiger partial charge in [-0.2, -0.15) is 0 Å². The molecule has 27 heavy (non-hydrogen) atoms. The van der Waals surface area contributed by atoms with Gasteiger partial charge in [0.05, 0.1) is 24.4 Å². The van der Waals surface area contributed by atoms with Crippen molar-refractivity contribution in [2.24, 2.45) is 5.73 Å². The molecule has 1 aliphatic heterocycles. The van der Waals surface area contributed by atoms with Crippen LogP contribution in [0.2, 0.25) is 0 Å². The minimum absolute atomic E-state index is 0.228. The van der Waals surface area contributed by atoms with E-state index < -0.39 is 11.8 Å². The number of rotatable bonds is 5. The van der Waals surface area contributed by atoms with Gasteiger partial charge in [-0.15, -0.1) is 0 Å².